The van der Waals surface area contributed by atoms with Crippen LogP contribution in [-0.2, 0) is 6.42 Å². The van der Waals surface area contributed by atoms with Gasteiger partial charge >= 0.3 is 0 Å². The maximum atomic E-state index is 12.8. The minimum absolute atomic E-state index is 0.310. The lowest BCUT2D eigenvalue weighted by Gasteiger charge is -2.28. The normalized spacial score (nSPS) is 39.3. The van der Waals surface area contributed by atoms with Crippen LogP contribution >= 0.6 is 0 Å². The number of benzene rings is 1. The average molecular weight is 269 g/mol. The van der Waals surface area contributed by atoms with Crippen LogP contribution in [0.2, 0.25) is 0 Å². The van der Waals surface area contributed by atoms with Gasteiger partial charge in [0, 0.05) is 31.7 Å². The van der Waals surface area contributed by atoms with Gasteiger partial charge in [-0.25, -0.2) is 0 Å². The lowest BCUT2D eigenvalue weighted by Crippen LogP contribution is -2.35. The molecular formula is C17H25NO. The number of Topliss-reactive ketones (excluding diaryl/α,β-unsaturated/α-hetero) is 1. The van der Waals surface area contributed by atoms with E-state index in [4.69, 9.17) is 13.7 Å². The lowest BCUT2D eigenvalue weighted by molar-refractivity contribution is 0.0883. The standard InChI is InChI=1S/C17H25NO/c1-3-15-7-9-16(10-8-15)17(19)14(2)13-18-11-5-4-6-12-18/h7-10,14H,3-6,11-13H2,1-2H3/i4D2,5D2,6D2,11D2,12D2. The first kappa shape index (κ1) is 6.09. The molecule has 2 nitrogen and oxygen atoms in total. The van der Waals surface area contributed by atoms with Crippen LogP contribution in [0.15, 0.2) is 24.3 Å². The van der Waals surface area contributed by atoms with Crippen LogP contribution in [0.5, 0.6) is 0 Å². The molecule has 2 rings (SSSR count). The number of rotatable bonds is 5. The molecule has 0 amide bonds. The van der Waals surface area contributed by atoms with Crippen LogP contribution in [0, 0.1) is 5.92 Å². The van der Waals surface area contributed by atoms with Crippen molar-refractivity contribution < 1.29 is 18.5 Å². The molecule has 1 aromatic carbocycles. The SMILES string of the molecule is [2H]C1([2H])N(CC(C)C(=O)c2ccc(CC)cc2)C([2H])([2H])C([2H])([2H])C([2H])([2H])C1([2H])[2H]. The van der Waals surface area contributed by atoms with Gasteiger partial charge in [-0.05, 0) is 37.7 Å². The molecule has 1 saturated heterocycles. The van der Waals surface area contributed by atoms with E-state index in [2.05, 4.69) is 0 Å². The Balaban J connectivity index is 2.42. The fraction of sp³-hybridized carbons (Fsp3) is 0.588. The highest BCUT2D eigenvalue weighted by Crippen LogP contribution is 2.15. The van der Waals surface area contributed by atoms with Gasteiger partial charge in [0.25, 0.3) is 0 Å². The summed E-state index contributed by atoms with van der Waals surface area (Å²) >= 11 is 0. The van der Waals surface area contributed by atoms with Gasteiger partial charge in [-0.3, -0.25) is 4.79 Å². The first-order valence-electron chi connectivity index (χ1n) is 11.4. The summed E-state index contributed by atoms with van der Waals surface area (Å²) in [6.45, 7) is -3.64. The van der Waals surface area contributed by atoms with Crippen LogP contribution in [0.3, 0.4) is 0 Å². The molecule has 1 unspecified atom stereocenters. The smallest absolute Gasteiger partial charge is 0.166 e. The predicted molar refractivity (Wildman–Crippen MR) is 79.6 cm³/mol. The van der Waals surface area contributed by atoms with Gasteiger partial charge in [0.15, 0.2) is 5.78 Å². The fourth-order valence-electron chi connectivity index (χ4n) is 1.89. The second-order valence-corrected chi connectivity index (χ2v) is 4.52. The third-order valence-electron chi connectivity index (χ3n) is 3.06. The highest BCUT2D eigenvalue weighted by molar-refractivity contribution is 5.97. The van der Waals surface area contributed by atoms with Crippen LogP contribution in [0.25, 0.3) is 0 Å². The molecule has 0 radical (unpaired) electrons. The number of piperidine rings is 1. The zero-order chi connectivity index (χ0) is 22.6. The molecule has 1 heterocycles. The minimum atomic E-state index is -3.45. The molecular weight excluding hydrogens is 234 g/mol. The maximum absolute atomic E-state index is 12.8. The molecule has 0 aromatic heterocycles. The van der Waals surface area contributed by atoms with Crippen molar-refractivity contribution in [2.45, 2.75) is 39.4 Å². The monoisotopic (exact) mass is 269 g/mol. The molecule has 0 bridgehead atoms. The van der Waals surface area contributed by atoms with Gasteiger partial charge in [-0.2, -0.15) is 0 Å². The van der Waals surface area contributed by atoms with Gasteiger partial charge in [0.2, 0.25) is 0 Å². The zero-order valence-electron chi connectivity index (χ0n) is 21.2. The van der Waals surface area contributed by atoms with E-state index in [0.717, 1.165) is 12.0 Å². The molecule has 0 aliphatic carbocycles. The van der Waals surface area contributed by atoms with Crippen molar-refractivity contribution in [3.63, 3.8) is 0 Å². The average Bonchev–Trinajstić information content (AvgIpc) is 2.63. The van der Waals surface area contributed by atoms with E-state index >= 15 is 0 Å². The van der Waals surface area contributed by atoms with Gasteiger partial charge < -0.3 is 4.90 Å². The van der Waals surface area contributed by atoms with E-state index in [9.17, 15) is 4.79 Å². The highest BCUT2D eigenvalue weighted by Gasteiger charge is 2.19. The molecule has 0 saturated carbocycles. The molecule has 1 atom stereocenters. The number of hydrogen-bond donors (Lipinski definition) is 0. The van der Waals surface area contributed by atoms with Crippen molar-refractivity contribution in [3.05, 3.63) is 35.4 Å². The Kier molecular flexibility index (Phi) is 2.20. The molecule has 104 valence electrons. The second kappa shape index (κ2) is 6.85. The molecule has 1 aliphatic heterocycles. The summed E-state index contributed by atoms with van der Waals surface area (Å²) in [7, 11) is 0. The summed E-state index contributed by atoms with van der Waals surface area (Å²) in [5, 5.41) is 0. The van der Waals surface area contributed by atoms with E-state index in [0.29, 0.717) is 10.5 Å². The van der Waals surface area contributed by atoms with E-state index < -0.39 is 50.4 Å². The predicted octanol–water partition coefficient (Wildman–Crippen LogP) is 3.55. The third kappa shape index (κ3) is 3.90. The van der Waals surface area contributed by atoms with E-state index in [-0.39, 0.29) is 0 Å². The summed E-state index contributed by atoms with van der Waals surface area (Å²) in [6, 6.07) is 6.75. The van der Waals surface area contributed by atoms with Crippen LogP contribution in [0.1, 0.15) is 62.6 Å². The molecule has 2 heteroatoms. The van der Waals surface area contributed by atoms with Crippen molar-refractivity contribution in [1.82, 2.24) is 4.90 Å². The quantitative estimate of drug-likeness (QED) is 0.762. The van der Waals surface area contributed by atoms with E-state index in [1.54, 1.807) is 24.3 Å². The van der Waals surface area contributed by atoms with Crippen molar-refractivity contribution >= 4 is 5.78 Å². The summed E-state index contributed by atoms with van der Waals surface area (Å²) in [4.78, 5) is 13.1. The third-order valence-corrected chi connectivity index (χ3v) is 3.06. The van der Waals surface area contributed by atoms with Crippen LogP contribution < -0.4 is 0 Å². The Morgan fingerprint density at radius 1 is 1.26 bits per heavy atom. The number of hydrogen-bond acceptors (Lipinski definition) is 2. The van der Waals surface area contributed by atoms with Crippen molar-refractivity contribution in [2.75, 3.05) is 19.5 Å². The number of carbonyl (C=O) groups excluding carboxylic acids is 1. The van der Waals surface area contributed by atoms with Gasteiger partial charge in [-0.1, -0.05) is 44.5 Å². The second-order valence-electron chi connectivity index (χ2n) is 4.52. The summed E-state index contributed by atoms with van der Waals surface area (Å²) in [5.74, 6) is -1.41. The zero-order valence-corrected chi connectivity index (χ0v) is 11.2. The summed E-state index contributed by atoms with van der Waals surface area (Å²) < 4.78 is 79.9. The van der Waals surface area contributed by atoms with Crippen molar-refractivity contribution in [1.29, 1.82) is 0 Å². The Morgan fingerprint density at radius 2 is 1.89 bits per heavy atom. The summed E-state index contributed by atoms with van der Waals surface area (Å²) in [6.07, 6.45) is -9.42. The number of nitrogens with zero attached hydrogens (tertiary/aromatic N) is 1. The van der Waals surface area contributed by atoms with Crippen LogP contribution in [0.4, 0.5) is 0 Å². The first-order valence-corrected chi connectivity index (χ1v) is 6.37. The number of ketones is 1. The molecule has 19 heavy (non-hydrogen) atoms. The molecule has 1 aliphatic rings. The Morgan fingerprint density at radius 3 is 2.47 bits per heavy atom. The topological polar surface area (TPSA) is 20.3 Å². The largest absolute Gasteiger partial charge is 0.303 e. The fourth-order valence-corrected chi connectivity index (χ4v) is 1.89. The van der Waals surface area contributed by atoms with E-state index in [1.165, 1.54) is 6.92 Å². The van der Waals surface area contributed by atoms with Crippen LogP contribution in [-0.4, -0.2) is 30.2 Å². The number of carbonyl (C=O) groups is 1. The Bertz CT molecular complexity index is 745. The number of likely N-dealkylation sites (tertiary alicyclic amines) is 1. The Labute approximate surface area is 130 Å². The first-order chi connectivity index (χ1) is 13.0. The molecule has 0 spiro atoms. The molecule has 1 aromatic rings. The van der Waals surface area contributed by atoms with E-state index in [1.807, 2.05) is 6.92 Å². The molecule has 0 N–H and O–H groups in total. The number of aryl methyl sites for hydroxylation is 1. The van der Waals surface area contributed by atoms with Gasteiger partial charge in [0.05, 0.1) is 0 Å². The minimum Gasteiger partial charge on any atom is -0.303 e. The van der Waals surface area contributed by atoms with Crippen molar-refractivity contribution in [2.24, 2.45) is 5.92 Å². The van der Waals surface area contributed by atoms with Gasteiger partial charge in [0.1, 0.15) is 0 Å². The molecule has 1 fully saturated rings. The lowest BCUT2D eigenvalue weighted by atomic mass is 9.97. The Hall–Kier alpha value is -1.15. The summed E-state index contributed by atoms with van der Waals surface area (Å²) in [5.41, 5.74) is 1.34. The highest BCUT2D eigenvalue weighted by atomic mass is 16.1. The van der Waals surface area contributed by atoms with Crippen molar-refractivity contribution in [3.8, 4) is 0 Å². The maximum Gasteiger partial charge on any atom is 0.166 e. The van der Waals surface area contributed by atoms with Gasteiger partial charge in [-0.15, -0.1) is 0 Å².